The number of rotatable bonds is 4. The molecule has 0 amide bonds. The predicted octanol–water partition coefficient (Wildman–Crippen LogP) is 4.75. The maximum absolute atomic E-state index is 14.0. The molecular formula is C20H16FNO3. The summed E-state index contributed by atoms with van der Waals surface area (Å²) in [5.74, 6) is 0.349. The molecule has 0 saturated heterocycles. The molecule has 1 atom stereocenters. The molecule has 5 heteroatoms. The molecule has 0 fully saturated rings. The van der Waals surface area contributed by atoms with E-state index < -0.39 is 0 Å². The van der Waals surface area contributed by atoms with Crippen molar-refractivity contribution < 1.29 is 18.3 Å². The molecular weight excluding hydrogens is 321 g/mol. The fourth-order valence-corrected chi connectivity index (χ4v) is 3.18. The first-order valence-corrected chi connectivity index (χ1v) is 8.11. The van der Waals surface area contributed by atoms with Gasteiger partial charge < -0.3 is 9.15 Å². The molecule has 4 rings (SSSR count). The maximum atomic E-state index is 14.0. The minimum absolute atomic E-state index is 0.0814. The van der Waals surface area contributed by atoms with Crippen molar-refractivity contribution >= 4 is 5.78 Å². The first-order chi connectivity index (χ1) is 12.1. The Morgan fingerprint density at radius 2 is 2.04 bits per heavy atom. The number of halogens is 1. The molecule has 0 saturated carbocycles. The molecule has 3 aromatic rings. The molecule has 1 unspecified atom stereocenters. The number of benzene rings is 2. The number of ketones is 1. The first-order valence-electron chi connectivity index (χ1n) is 8.11. The summed E-state index contributed by atoms with van der Waals surface area (Å²) in [7, 11) is 0. The number of hydrogen-bond acceptors (Lipinski definition) is 4. The molecule has 0 bridgehead atoms. The van der Waals surface area contributed by atoms with E-state index in [1.165, 1.54) is 18.4 Å². The second kappa shape index (κ2) is 6.16. The highest BCUT2D eigenvalue weighted by Gasteiger charge is 2.32. The van der Waals surface area contributed by atoms with Crippen LogP contribution in [-0.2, 0) is 6.61 Å². The second-order valence-corrected chi connectivity index (χ2v) is 6.16. The van der Waals surface area contributed by atoms with Crippen molar-refractivity contribution in [2.75, 3.05) is 0 Å². The molecule has 0 N–H and O–H groups in total. The van der Waals surface area contributed by atoms with Crippen LogP contribution in [0.5, 0.6) is 5.75 Å². The number of aromatic nitrogens is 1. The zero-order valence-electron chi connectivity index (χ0n) is 13.7. The highest BCUT2D eigenvalue weighted by atomic mass is 19.1. The summed E-state index contributed by atoms with van der Waals surface area (Å²) in [6.45, 7) is 2.00. The Kier molecular flexibility index (Phi) is 3.84. The van der Waals surface area contributed by atoms with Crippen molar-refractivity contribution in [1.82, 2.24) is 4.98 Å². The summed E-state index contributed by atoms with van der Waals surface area (Å²) in [6, 6.07) is 12.4. The standard InChI is InChI=1S/C20H16FNO3/c1-12-9-16(23)19-17(8-7-15(21)18(12)19)24-10-14-11-25-20(22-14)13-5-3-2-4-6-13/h2-8,11-12H,9-10H2,1H3. The van der Waals surface area contributed by atoms with E-state index in [1.54, 1.807) is 0 Å². The van der Waals surface area contributed by atoms with E-state index in [-0.39, 0.29) is 24.1 Å². The van der Waals surface area contributed by atoms with Crippen molar-refractivity contribution in [3.05, 3.63) is 71.4 Å². The molecule has 2 aromatic carbocycles. The molecule has 1 aromatic heterocycles. The fraction of sp³-hybridized carbons (Fsp3) is 0.200. The van der Waals surface area contributed by atoms with Gasteiger partial charge >= 0.3 is 0 Å². The number of hydrogen-bond donors (Lipinski definition) is 0. The van der Waals surface area contributed by atoms with E-state index in [2.05, 4.69) is 4.98 Å². The second-order valence-electron chi connectivity index (χ2n) is 6.16. The minimum Gasteiger partial charge on any atom is -0.486 e. The first kappa shape index (κ1) is 15.6. The van der Waals surface area contributed by atoms with E-state index in [0.29, 0.717) is 34.9 Å². The average Bonchev–Trinajstić information content (AvgIpc) is 3.21. The van der Waals surface area contributed by atoms with Gasteiger partial charge in [0.15, 0.2) is 5.78 Å². The smallest absolute Gasteiger partial charge is 0.226 e. The van der Waals surface area contributed by atoms with Crippen LogP contribution in [0.2, 0.25) is 0 Å². The fourth-order valence-electron chi connectivity index (χ4n) is 3.18. The molecule has 0 spiro atoms. The van der Waals surface area contributed by atoms with Crippen LogP contribution in [0.15, 0.2) is 53.1 Å². The van der Waals surface area contributed by atoms with E-state index in [0.717, 1.165) is 5.56 Å². The third kappa shape index (κ3) is 2.82. The Labute approximate surface area is 144 Å². The largest absolute Gasteiger partial charge is 0.486 e. The lowest BCUT2D eigenvalue weighted by Gasteiger charge is -2.10. The molecule has 4 nitrogen and oxygen atoms in total. The summed E-state index contributed by atoms with van der Waals surface area (Å²) in [6.07, 6.45) is 1.84. The molecule has 1 aliphatic carbocycles. The highest BCUT2D eigenvalue weighted by Crippen LogP contribution is 2.40. The number of Topliss-reactive ketones (excluding diaryl/α,β-unsaturated/α-hetero) is 1. The third-order valence-corrected chi connectivity index (χ3v) is 4.37. The summed E-state index contributed by atoms with van der Waals surface area (Å²) in [5.41, 5.74) is 2.29. The van der Waals surface area contributed by atoms with Crippen molar-refractivity contribution in [2.24, 2.45) is 0 Å². The van der Waals surface area contributed by atoms with E-state index in [4.69, 9.17) is 9.15 Å². The monoisotopic (exact) mass is 337 g/mol. The van der Waals surface area contributed by atoms with Crippen molar-refractivity contribution in [2.45, 2.75) is 25.9 Å². The minimum atomic E-state index is -0.353. The van der Waals surface area contributed by atoms with Crippen LogP contribution >= 0.6 is 0 Å². The third-order valence-electron chi connectivity index (χ3n) is 4.37. The lowest BCUT2D eigenvalue weighted by Crippen LogP contribution is -2.03. The number of fused-ring (bicyclic) bond motifs is 1. The quantitative estimate of drug-likeness (QED) is 0.689. The van der Waals surface area contributed by atoms with Crippen molar-refractivity contribution in [3.63, 3.8) is 0 Å². The van der Waals surface area contributed by atoms with Gasteiger partial charge in [-0.1, -0.05) is 25.1 Å². The Morgan fingerprint density at radius 1 is 1.24 bits per heavy atom. The van der Waals surface area contributed by atoms with Gasteiger partial charge in [-0.25, -0.2) is 9.37 Å². The molecule has 126 valence electrons. The SMILES string of the molecule is CC1CC(=O)c2c(OCc3coc(-c4ccccc4)n3)ccc(F)c21. The van der Waals surface area contributed by atoms with Gasteiger partial charge in [-0.05, 0) is 30.2 Å². The Morgan fingerprint density at radius 3 is 2.84 bits per heavy atom. The Hall–Kier alpha value is -2.95. The Balaban J connectivity index is 1.55. The van der Waals surface area contributed by atoms with Gasteiger partial charge in [0.25, 0.3) is 0 Å². The number of nitrogens with zero attached hydrogens (tertiary/aromatic N) is 1. The maximum Gasteiger partial charge on any atom is 0.226 e. The summed E-state index contributed by atoms with van der Waals surface area (Å²) in [5, 5.41) is 0. The van der Waals surface area contributed by atoms with Crippen LogP contribution in [0.1, 0.15) is 40.9 Å². The van der Waals surface area contributed by atoms with Crippen LogP contribution < -0.4 is 4.74 Å². The normalized spacial score (nSPS) is 16.1. The average molecular weight is 337 g/mol. The molecule has 25 heavy (non-hydrogen) atoms. The number of oxazole rings is 1. The van der Waals surface area contributed by atoms with Crippen LogP contribution in [0.25, 0.3) is 11.5 Å². The number of carbonyl (C=O) groups excluding carboxylic acids is 1. The van der Waals surface area contributed by atoms with Gasteiger partial charge in [0, 0.05) is 17.5 Å². The zero-order valence-corrected chi connectivity index (χ0v) is 13.7. The van der Waals surface area contributed by atoms with Gasteiger partial charge in [-0.15, -0.1) is 0 Å². The zero-order chi connectivity index (χ0) is 17.4. The van der Waals surface area contributed by atoms with E-state index >= 15 is 0 Å². The molecule has 1 heterocycles. The number of carbonyl (C=O) groups is 1. The lowest BCUT2D eigenvalue weighted by molar-refractivity contribution is 0.0986. The highest BCUT2D eigenvalue weighted by molar-refractivity contribution is 6.03. The van der Waals surface area contributed by atoms with E-state index in [9.17, 15) is 9.18 Å². The molecule has 0 radical (unpaired) electrons. The lowest BCUT2D eigenvalue weighted by atomic mass is 10.0. The molecule has 0 aliphatic heterocycles. The summed E-state index contributed by atoms with van der Waals surface area (Å²) in [4.78, 5) is 16.6. The summed E-state index contributed by atoms with van der Waals surface area (Å²) < 4.78 is 25.2. The summed E-state index contributed by atoms with van der Waals surface area (Å²) >= 11 is 0. The van der Waals surface area contributed by atoms with Crippen molar-refractivity contribution in [3.8, 4) is 17.2 Å². The van der Waals surface area contributed by atoms with Gasteiger partial charge in [0.1, 0.15) is 30.1 Å². The Bertz CT molecular complexity index is 933. The van der Waals surface area contributed by atoms with Crippen molar-refractivity contribution in [1.29, 1.82) is 0 Å². The predicted molar refractivity (Wildman–Crippen MR) is 90.0 cm³/mol. The van der Waals surface area contributed by atoms with Gasteiger partial charge in [-0.3, -0.25) is 4.79 Å². The van der Waals surface area contributed by atoms with E-state index in [1.807, 2.05) is 37.3 Å². The molecule has 1 aliphatic rings. The van der Waals surface area contributed by atoms with Crippen LogP contribution in [0, 0.1) is 5.82 Å². The van der Waals surface area contributed by atoms with Crippen LogP contribution in [0.3, 0.4) is 0 Å². The number of ether oxygens (including phenoxy) is 1. The van der Waals surface area contributed by atoms with Gasteiger partial charge in [0.2, 0.25) is 5.89 Å². The topological polar surface area (TPSA) is 52.3 Å². The van der Waals surface area contributed by atoms with Gasteiger partial charge in [0.05, 0.1) is 5.56 Å². The van der Waals surface area contributed by atoms with Crippen LogP contribution in [-0.4, -0.2) is 10.8 Å². The van der Waals surface area contributed by atoms with Gasteiger partial charge in [-0.2, -0.15) is 0 Å². The van der Waals surface area contributed by atoms with Crippen LogP contribution in [0.4, 0.5) is 4.39 Å².